The number of likely N-dealkylation sites (tertiary alicyclic amines) is 1. The molecule has 0 saturated carbocycles. The maximum atomic E-state index is 12.4. The molecule has 0 spiro atoms. The van der Waals surface area contributed by atoms with Gasteiger partial charge < -0.3 is 10.2 Å². The number of urea groups is 1. The summed E-state index contributed by atoms with van der Waals surface area (Å²) in [4.78, 5) is 42.6. The molecule has 1 N–H and O–H groups in total. The molecule has 0 aromatic carbocycles. The zero-order chi connectivity index (χ0) is 15.0. The SMILES string of the molecule is O=C(c1cncc(Br)c1)N1CCC(N2C(=O)CNC2=O)C1. The maximum Gasteiger partial charge on any atom is 0.324 e. The Balaban J connectivity index is 1.71. The van der Waals surface area contributed by atoms with Crippen molar-refractivity contribution in [3.8, 4) is 0 Å². The molecule has 2 fully saturated rings. The number of hydrogen-bond acceptors (Lipinski definition) is 4. The number of imide groups is 1. The van der Waals surface area contributed by atoms with Crippen LogP contribution in [0, 0.1) is 0 Å². The van der Waals surface area contributed by atoms with Gasteiger partial charge in [-0.2, -0.15) is 0 Å². The molecule has 3 heterocycles. The molecule has 8 heteroatoms. The quantitative estimate of drug-likeness (QED) is 0.790. The minimum atomic E-state index is -0.372. The standard InChI is InChI=1S/C13H13BrN4O3/c14-9-3-8(4-15-5-9)12(20)17-2-1-10(7-17)18-11(19)6-16-13(18)21/h3-5,10H,1-2,6-7H2,(H,16,21). The van der Waals surface area contributed by atoms with E-state index in [4.69, 9.17) is 0 Å². The second kappa shape index (κ2) is 5.44. The summed E-state index contributed by atoms with van der Waals surface area (Å²) in [5.74, 6) is -0.373. The van der Waals surface area contributed by atoms with Crippen LogP contribution < -0.4 is 5.32 Å². The van der Waals surface area contributed by atoms with Crippen molar-refractivity contribution in [3.63, 3.8) is 0 Å². The van der Waals surface area contributed by atoms with Gasteiger partial charge in [-0.25, -0.2) is 4.79 Å². The van der Waals surface area contributed by atoms with Gasteiger partial charge in [0.1, 0.15) is 0 Å². The zero-order valence-corrected chi connectivity index (χ0v) is 12.7. The van der Waals surface area contributed by atoms with E-state index in [2.05, 4.69) is 26.2 Å². The van der Waals surface area contributed by atoms with Crippen LogP contribution in [-0.2, 0) is 4.79 Å². The molecule has 2 aliphatic rings. The van der Waals surface area contributed by atoms with Crippen molar-refractivity contribution in [2.45, 2.75) is 12.5 Å². The highest BCUT2D eigenvalue weighted by atomic mass is 79.9. The van der Waals surface area contributed by atoms with Gasteiger partial charge in [-0.1, -0.05) is 0 Å². The summed E-state index contributed by atoms with van der Waals surface area (Å²) < 4.78 is 0.734. The zero-order valence-electron chi connectivity index (χ0n) is 11.1. The smallest absolute Gasteiger partial charge is 0.324 e. The molecule has 1 unspecified atom stereocenters. The number of halogens is 1. The van der Waals surface area contributed by atoms with Crippen molar-refractivity contribution in [3.05, 3.63) is 28.5 Å². The lowest BCUT2D eigenvalue weighted by molar-refractivity contribution is -0.126. The average molecular weight is 353 g/mol. The first-order valence-corrected chi connectivity index (χ1v) is 7.35. The highest BCUT2D eigenvalue weighted by Crippen LogP contribution is 2.20. The molecule has 110 valence electrons. The molecule has 0 bridgehead atoms. The molecule has 21 heavy (non-hydrogen) atoms. The number of pyridine rings is 1. The molecule has 4 amide bonds. The lowest BCUT2D eigenvalue weighted by Crippen LogP contribution is -2.42. The summed E-state index contributed by atoms with van der Waals surface area (Å²) >= 11 is 3.28. The normalized spacial score (nSPS) is 21.9. The number of aromatic nitrogens is 1. The number of carbonyl (C=O) groups excluding carboxylic acids is 3. The summed E-state index contributed by atoms with van der Waals surface area (Å²) in [6.07, 6.45) is 3.72. The lowest BCUT2D eigenvalue weighted by Gasteiger charge is -2.21. The topological polar surface area (TPSA) is 82.6 Å². The third-order valence-corrected chi connectivity index (χ3v) is 4.08. The van der Waals surface area contributed by atoms with Crippen LogP contribution in [0.25, 0.3) is 0 Å². The Morgan fingerprint density at radius 2 is 2.19 bits per heavy atom. The molecule has 1 aromatic heterocycles. The van der Waals surface area contributed by atoms with Crippen LogP contribution in [0.4, 0.5) is 4.79 Å². The number of rotatable bonds is 2. The first kappa shape index (κ1) is 14.0. The van der Waals surface area contributed by atoms with E-state index in [0.29, 0.717) is 25.1 Å². The van der Waals surface area contributed by atoms with Crippen LogP contribution in [0.15, 0.2) is 22.9 Å². The number of nitrogens with zero attached hydrogens (tertiary/aromatic N) is 3. The molecule has 0 aliphatic carbocycles. The van der Waals surface area contributed by atoms with Gasteiger partial charge in [-0.15, -0.1) is 0 Å². The van der Waals surface area contributed by atoms with E-state index in [0.717, 1.165) is 4.47 Å². The van der Waals surface area contributed by atoms with E-state index in [1.165, 1.54) is 11.1 Å². The third-order valence-electron chi connectivity index (χ3n) is 3.65. The third kappa shape index (κ3) is 2.63. The first-order chi connectivity index (χ1) is 10.1. The minimum Gasteiger partial charge on any atom is -0.336 e. The predicted octanol–water partition coefficient (Wildman–Crippen LogP) is 0.610. The van der Waals surface area contributed by atoms with Crippen molar-refractivity contribution in [1.82, 2.24) is 20.1 Å². The second-order valence-electron chi connectivity index (χ2n) is 5.01. The van der Waals surface area contributed by atoms with Gasteiger partial charge in [0, 0.05) is 30.0 Å². The highest BCUT2D eigenvalue weighted by Gasteiger charge is 2.39. The van der Waals surface area contributed by atoms with Gasteiger partial charge in [0.25, 0.3) is 5.91 Å². The summed E-state index contributed by atoms with van der Waals surface area (Å²) in [6.45, 7) is 0.927. The van der Waals surface area contributed by atoms with Crippen LogP contribution >= 0.6 is 15.9 Å². The number of nitrogens with one attached hydrogen (secondary N) is 1. The van der Waals surface area contributed by atoms with Crippen molar-refractivity contribution in [2.24, 2.45) is 0 Å². The van der Waals surface area contributed by atoms with E-state index >= 15 is 0 Å². The Hall–Kier alpha value is -1.96. The van der Waals surface area contributed by atoms with Gasteiger partial charge in [0.2, 0.25) is 5.91 Å². The largest absolute Gasteiger partial charge is 0.336 e. The molecule has 3 rings (SSSR count). The summed E-state index contributed by atoms with van der Waals surface area (Å²) in [5.41, 5.74) is 0.488. The molecule has 0 radical (unpaired) electrons. The van der Waals surface area contributed by atoms with Crippen molar-refractivity contribution < 1.29 is 14.4 Å². The number of carbonyl (C=O) groups is 3. The van der Waals surface area contributed by atoms with Gasteiger partial charge in [0.05, 0.1) is 18.2 Å². The summed E-state index contributed by atoms with van der Waals surface area (Å²) in [7, 11) is 0. The Labute approximate surface area is 129 Å². The fraction of sp³-hybridized carbons (Fsp3) is 0.385. The maximum absolute atomic E-state index is 12.4. The fourth-order valence-electron chi connectivity index (χ4n) is 2.65. The number of amides is 4. The Kier molecular flexibility index (Phi) is 3.62. The monoisotopic (exact) mass is 352 g/mol. The van der Waals surface area contributed by atoms with Gasteiger partial charge in [-0.3, -0.25) is 19.5 Å². The number of hydrogen-bond donors (Lipinski definition) is 1. The van der Waals surface area contributed by atoms with E-state index in [1.54, 1.807) is 17.2 Å². The van der Waals surface area contributed by atoms with Crippen molar-refractivity contribution in [2.75, 3.05) is 19.6 Å². The molecule has 1 atom stereocenters. The summed E-state index contributed by atoms with van der Waals surface area (Å²) in [5, 5.41) is 2.50. The molecule has 2 aliphatic heterocycles. The van der Waals surface area contributed by atoms with Crippen LogP contribution in [0.2, 0.25) is 0 Å². The van der Waals surface area contributed by atoms with E-state index in [-0.39, 0.29) is 30.4 Å². The van der Waals surface area contributed by atoms with Crippen molar-refractivity contribution >= 4 is 33.8 Å². The van der Waals surface area contributed by atoms with Gasteiger partial charge >= 0.3 is 6.03 Å². The Morgan fingerprint density at radius 1 is 1.38 bits per heavy atom. The second-order valence-corrected chi connectivity index (χ2v) is 5.92. The Bertz CT molecular complexity index is 605. The molecule has 7 nitrogen and oxygen atoms in total. The molecular weight excluding hydrogens is 340 g/mol. The first-order valence-electron chi connectivity index (χ1n) is 6.56. The van der Waals surface area contributed by atoms with Crippen LogP contribution in [0.1, 0.15) is 16.8 Å². The summed E-state index contributed by atoms with van der Waals surface area (Å²) in [6, 6.07) is 1.09. The molecular formula is C13H13BrN4O3. The predicted molar refractivity (Wildman–Crippen MR) is 76.5 cm³/mol. The minimum absolute atomic E-state index is 0.0405. The molecule has 2 saturated heterocycles. The highest BCUT2D eigenvalue weighted by molar-refractivity contribution is 9.10. The average Bonchev–Trinajstić information content (AvgIpc) is 3.05. The fourth-order valence-corrected chi connectivity index (χ4v) is 3.02. The lowest BCUT2D eigenvalue weighted by atomic mass is 10.2. The van der Waals surface area contributed by atoms with Crippen LogP contribution in [0.3, 0.4) is 0 Å². The van der Waals surface area contributed by atoms with Gasteiger partial charge in [-0.05, 0) is 28.4 Å². The van der Waals surface area contributed by atoms with Crippen molar-refractivity contribution in [1.29, 1.82) is 0 Å². The van der Waals surface area contributed by atoms with Crippen LogP contribution in [0.5, 0.6) is 0 Å². The molecule has 1 aromatic rings. The van der Waals surface area contributed by atoms with Crippen LogP contribution in [-0.4, -0.2) is 58.3 Å². The Morgan fingerprint density at radius 3 is 2.86 bits per heavy atom. The van der Waals surface area contributed by atoms with E-state index in [9.17, 15) is 14.4 Å². The van der Waals surface area contributed by atoms with Gasteiger partial charge in [0.15, 0.2) is 0 Å². The van der Waals surface area contributed by atoms with E-state index < -0.39 is 0 Å². The van der Waals surface area contributed by atoms with E-state index in [1.807, 2.05) is 0 Å².